The molecule has 0 saturated carbocycles. The Labute approximate surface area is 110 Å². The normalized spacial score (nSPS) is 10.4. The SMILES string of the molecule is Cc1nnc(NC(=O)C(=O)NCCCN(C)C)s1. The predicted octanol–water partition coefficient (Wildman–Crippen LogP) is -0.147. The first-order chi connectivity index (χ1) is 8.49. The summed E-state index contributed by atoms with van der Waals surface area (Å²) < 4.78 is 0. The number of aryl methyl sites for hydroxylation is 1. The molecular weight excluding hydrogens is 254 g/mol. The van der Waals surface area contributed by atoms with Gasteiger partial charge in [-0.25, -0.2) is 0 Å². The van der Waals surface area contributed by atoms with Gasteiger partial charge in [0.05, 0.1) is 0 Å². The van der Waals surface area contributed by atoms with Crippen molar-refractivity contribution in [3.63, 3.8) is 0 Å². The van der Waals surface area contributed by atoms with E-state index in [4.69, 9.17) is 0 Å². The molecule has 0 fully saturated rings. The predicted molar refractivity (Wildman–Crippen MR) is 69.5 cm³/mol. The van der Waals surface area contributed by atoms with Crippen molar-refractivity contribution in [3.05, 3.63) is 5.01 Å². The summed E-state index contributed by atoms with van der Waals surface area (Å²) in [7, 11) is 3.90. The number of nitrogens with one attached hydrogen (secondary N) is 2. The molecule has 2 amide bonds. The molecule has 18 heavy (non-hydrogen) atoms. The number of hydrogen-bond acceptors (Lipinski definition) is 6. The van der Waals surface area contributed by atoms with E-state index in [0.717, 1.165) is 18.0 Å². The summed E-state index contributed by atoms with van der Waals surface area (Å²) in [4.78, 5) is 24.9. The summed E-state index contributed by atoms with van der Waals surface area (Å²) in [6, 6.07) is 0. The van der Waals surface area contributed by atoms with E-state index >= 15 is 0 Å². The van der Waals surface area contributed by atoms with Crippen LogP contribution in [-0.2, 0) is 9.59 Å². The number of amides is 2. The Bertz CT molecular complexity index is 418. The highest BCUT2D eigenvalue weighted by atomic mass is 32.1. The molecule has 0 aromatic carbocycles. The summed E-state index contributed by atoms with van der Waals surface area (Å²) in [5.41, 5.74) is 0. The van der Waals surface area contributed by atoms with Crippen molar-refractivity contribution in [1.82, 2.24) is 20.4 Å². The molecule has 2 N–H and O–H groups in total. The lowest BCUT2D eigenvalue weighted by atomic mass is 10.4. The molecule has 0 spiro atoms. The fourth-order valence-electron chi connectivity index (χ4n) is 1.18. The average molecular weight is 271 g/mol. The molecule has 0 aliphatic carbocycles. The van der Waals surface area contributed by atoms with Crippen molar-refractivity contribution < 1.29 is 9.59 Å². The fraction of sp³-hybridized carbons (Fsp3) is 0.600. The van der Waals surface area contributed by atoms with E-state index in [2.05, 4.69) is 20.8 Å². The molecule has 0 saturated heterocycles. The van der Waals surface area contributed by atoms with Crippen LogP contribution in [0.1, 0.15) is 11.4 Å². The lowest BCUT2D eigenvalue weighted by molar-refractivity contribution is -0.136. The number of carbonyl (C=O) groups excluding carboxylic acids is 2. The second-order valence-corrected chi connectivity index (χ2v) is 5.17. The zero-order valence-corrected chi connectivity index (χ0v) is 11.5. The van der Waals surface area contributed by atoms with Gasteiger partial charge in [0.1, 0.15) is 5.01 Å². The van der Waals surface area contributed by atoms with Crippen molar-refractivity contribution in [2.75, 3.05) is 32.5 Å². The number of hydrogen-bond donors (Lipinski definition) is 2. The van der Waals surface area contributed by atoms with Crippen LogP contribution in [0.2, 0.25) is 0 Å². The third kappa shape index (κ3) is 5.19. The monoisotopic (exact) mass is 271 g/mol. The van der Waals surface area contributed by atoms with E-state index < -0.39 is 11.8 Å². The van der Waals surface area contributed by atoms with Gasteiger partial charge < -0.3 is 10.2 Å². The minimum absolute atomic E-state index is 0.334. The molecule has 0 radical (unpaired) electrons. The van der Waals surface area contributed by atoms with Gasteiger partial charge in [0, 0.05) is 6.54 Å². The smallest absolute Gasteiger partial charge is 0.315 e. The third-order valence-corrected chi connectivity index (χ3v) is 2.77. The van der Waals surface area contributed by atoms with Gasteiger partial charge in [0.25, 0.3) is 0 Å². The Balaban J connectivity index is 2.27. The first kappa shape index (κ1) is 14.5. The Hall–Kier alpha value is -1.54. The van der Waals surface area contributed by atoms with Crippen LogP contribution in [0.15, 0.2) is 0 Å². The van der Waals surface area contributed by atoms with Gasteiger partial charge >= 0.3 is 11.8 Å². The van der Waals surface area contributed by atoms with E-state index in [1.807, 2.05) is 19.0 Å². The molecule has 0 bridgehead atoms. The van der Waals surface area contributed by atoms with E-state index in [0.29, 0.717) is 11.7 Å². The van der Waals surface area contributed by atoms with Crippen LogP contribution in [0, 0.1) is 6.92 Å². The lowest BCUT2D eigenvalue weighted by Crippen LogP contribution is -2.36. The standard InChI is InChI=1S/C10H17N5O2S/c1-7-13-14-10(18-7)12-9(17)8(16)11-5-4-6-15(2)3/h4-6H2,1-3H3,(H,11,16)(H,12,14,17). The first-order valence-corrected chi connectivity index (χ1v) is 6.34. The number of anilines is 1. The Kier molecular flexibility index (Phi) is 5.66. The zero-order valence-electron chi connectivity index (χ0n) is 10.7. The Morgan fingerprint density at radius 1 is 1.28 bits per heavy atom. The van der Waals surface area contributed by atoms with Crippen molar-refractivity contribution in [2.24, 2.45) is 0 Å². The van der Waals surface area contributed by atoms with Crippen LogP contribution in [0.4, 0.5) is 5.13 Å². The van der Waals surface area contributed by atoms with Crippen molar-refractivity contribution in [2.45, 2.75) is 13.3 Å². The molecule has 1 aromatic heterocycles. The highest BCUT2D eigenvalue weighted by Crippen LogP contribution is 2.12. The molecule has 1 aromatic rings. The highest BCUT2D eigenvalue weighted by Gasteiger charge is 2.14. The maximum atomic E-state index is 11.5. The Morgan fingerprint density at radius 3 is 2.56 bits per heavy atom. The average Bonchev–Trinajstić information content (AvgIpc) is 2.69. The second-order valence-electron chi connectivity index (χ2n) is 3.99. The van der Waals surface area contributed by atoms with E-state index in [1.165, 1.54) is 11.3 Å². The van der Waals surface area contributed by atoms with Gasteiger partial charge in [0.2, 0.25) is 5.13 Å². The van der Waals surface area contributed by atoms with Crippen LogP contribution in [0.5, 0.6) is 0 Å². The number of rotatable bonds is 5. The quantitative estimate of drug-likeness (QED) is 0.574. The number of nitrogens with zero attached hydrogens (tertiary/aromatic N) is 3. The molecule has 1 heterocycles. The van der Waals surface area contributed by atoms with Gasteiger partial charge in [-0.2, -0.15) is 0 Å². The van der Waals surface area contributed by atoms with Gasteiger partial charge in [0.15, 0.2) is 0 Å². The Morgan fingerprint density at radius 2 is 2.00 bits per heavy atom. The minimum Gasteiger partial charge on any atom is -0.348 e. The molecule has 0 unspecified atom stereocenters. The molecule has 8 heteroatoms. The van der Waals surface area contributed by atoms with E-state index in [1.54, 1.807) is 6.92 Å². The molecule has 0 atom stereocenters. The molecular formula is C10H17N5O2S. The molecule has 0 aliphatic heterocycles. The highest BCUT2D eigenvalue weighted by molar-refractivity contribution is 7.15. The van der Waals surface area contributed by atoms with Crippen molar-refractivity contribution >= 4 is 28.3 Å². The van der Waals surface area contributed by atoms with Crippen LogP contribution in [0.3, 0.4) is 0 Å². The third-order valence-electron chi connectivity index (χ3n) is 2.02. The maximum Gasteiger partial charge on any atom is 0.315 e. The second kappa shape index (κ2) is 7.02. The fourth-order valence-corrected chi connectivity index (χ4v) is 1.77. The van der Waals surface area contributed by atoms with Crippen LogP contribution in [-0.4, -0.2) is 54.1 Å². The molecule has 0 aliphatic rings. The van der Waals surface area contributed by atoms with E-state index in [9.17, 15) is 9.59 Å². The van der Waals surface area contributed by atoms with Crippen LogP contribution in [0.25, 0.3) is 0 Å². The molecule has 1 rings (SSSR count). The van der Waals surface area contributed by atoms with Gasteiger partial charge in [-0.05, 0) is 34.0 Å². The van der Waals surface area contributed by atoms with E-state index in [-0.39, 0.29) is 0 Å². The summed E-state index contributed by atoms with van der Waals surface area (Å²) in [6.07, 6.45) is 0.796. The van der Waals surface area contributed by atoms with Gasteiger partial charge in [-0.3, -0.25) is 14.9 Å². The summed E-state index contributed by atoms with van der Waals surface area (Å²) in [5.74, 6) is -1.36. The largest absolute Gasteiger partial charge is 0.348 e. The molecule has 100 valence electrons. The number of aromatic nitrogens is 2. The minimum atomic E-state index is -0.712. The topological polar surface area (TPSA) is 87.2 Å². The lowest BCUT2D eigenvalue weighted by Gasteiger charge is -2.09. The van der Waals surface area contributed by atoms with Crippen molar-refractivity contribution in [3.8, 4) is 0 Å². The maximum absolute atomic E-state index is 11.5. The van der Waals surface area contributed by atoms with Gasteiger partial charge in [-0.1, -0.05) is 11.3 Å². The van der Waals surface area contributed by atoms with Crippen LogP contribution < -0.4 is 10.6 Å². The molecule has 7 nitrogen and oxygen atoms in total. The summed E-state index contributed by atoms with van der Waals surface area (Å²) in [5, 5.41) is 13.5. The summed E-state index contributed by atoms with van der Waals surface area (Å²) in [6.45, 7) is 3.10. The number of carbonyl (C=O) groups is 2. The van der Waals surface area contributed by atoms with Crippen LogP contribution >= 0.6 is 11.3 Å². The van der Waals surface area contributed by atoms with Gasteiger partial charge in [-0.15, -0.1) is 10.2 Å². The zero-order chi connectivity index (χ0) is 13.5. The van der Waals surface area contributed by atoms with Crippen molar-refractivity contribution in [1.29, 1.82) is 0 Å². The first-order valence-electron chi connectivity index (χ1n) is 5.53. The summed E-state index contributed by atoms with van der Waals surface area (Å²) >= 11 is 1.22.